The third kappa shape index (κ3) is 3.63. The predicted molar refractivity (Wildman–Crippen MR) is 78.6 cm³/mol. The average Bonchev–Trinajstić information content (AvgIpc) is 2.92. The first kappa shape index (κ1) is 14.6. The highest BCUT2D eigenvalue weighted by atomic mass is 32.2. The van der Waals surface area contributed by atoms with E-state index in [0.717, 1.165) is 12.8 Å². The van der Waals surface area contributed by atoms with E-state index in [1.165, 1.54) is 0 Å². The van der Waals surface area contributed by atoms with Gasteiger partial charge in [0.1, 0.15) is 18.2 Å². The van der Waals surface area contributed by atoms with Gasteiger partial charge in [0.05, 0.1) is 10.9 Å². The van der Waals surface area contributed by atoms with Crippen LogP contribution in [0.1, 0.15) is 25.7 Å². The van der Waals surface area contributed by atoms with E-state index in [-0.39, 0.29) is 17.7 Å². The van der Waals surface area contributed by atoms with Crippen molar-refractivity contribution in [2.24, 2.45) is 5.73 Å². The lowest BCUT2D eigenvalue weighted by Crippen LogP contribution is -2.26. The van der Waals surface area contributed by atoms with Crippen molar-refractivity contribution >= 4 is 21.5 Å². The van der Waals surface area contributed by atoms with Gasteiger partial charge in [-0.3, -0.25) is 10.1 Å². The summed E-state index contributed by atoms with van der Waals surface area (Å²) in [5, 5.41) is 6.81. The zero-order valence-corrected chi connectivity index (χ0v) is 11.9. The van der Waals surface area contributed by atoms with E-state index in [0.29, 0.717) is 24.3 Å². The molecule has 6 nitrogen and oxygen atoms in total. The summed E-state index contributed by atoms with van der Waals surface area (Å²) in [5.41, 5.74) is 5.63. The molecular formula is C13H19N3O3S. The van der Waals surface area contributed by atoms with E-state index in [4.69, 9.17) is 15.9 Å². The monoisotopic (exact) mass is 297 g/mol. The third-order valence-electron chi connectivity index (χ3n) is 3.26. The molecule has 0 atom stereocenters. The van der Waals surface area contributed by atoms with Crippen LogP contribution in [0.3, 0.4) is 0 Å². The van der Waals surface area contributed by atoms with Gasteiger partial charge >= 0.3 is 0 Å². The van der Waals surface area contributed by atoms with Crippen LogP contribution in [0.2, 0.25) is 0 Å². The Morgan fingerprint density at radius 3 is 2.65 bits per heavy atom. The Balaban J connectivity index is 2.14. The maximum atomic E-state index is 12.3. The number of amidine groups is 1. The van der Waals surface area contributed by atoms with E-state index < -0.39 is 10.0 Å². The van der Waals surface area contributed by atoms with Gasteiger partial charge < -0.3 is 10.5 Å². The number of hydrogen-bond acceptors (Lipinski definition) is 4. The molecule has 7 heteroatoms. The SMILES string of the molecule is N=C(N)COc1ccccc1NS(=O)(=O)C1CCCC1. The molecule has 1 aromatic rings. The lowest BCUT2D eigenvalue weighted by atomic mass is 10.3. The molecule has 1 fully saturated rings. The number of nitrogens with two attached hydrogens (primary N) is 1. The number of ether oxygens (including phenoxy) is 1. The maximum absolute atomic E-state index is 12.3. The fourth-order valence-electron chi connectivity index (χ4n) is 2.27. The quantitative estimate of drug-likeness (QED) is 0.548. The van der Waals surface area contributed by atoms with Gasteiger partial charge in [0.25, 0.3) is 0 Å². The molecule has 0 radical (unpaired) electrons. The zero-order chi connectivity index (χ0) is 14.6. The number of para-hydroxylation sites is 2. The Bertz CT molecular complexity index is 580. The fraction of sp³-hybridized carbons (Fsp3) is 0.462. The smallest absolute Gasteiger partial charge is 0.235 e. The van der Waals surface area contributed by atoms with Gasteiger partial charge in [0, 0.05) is 0 Å². The largest absolute Gasteiger partial charge is 0.484 e. The zero-order valence-electron chi connectivity index (χ0n) is 11.1. The number of anilines is 1. The van der Waals surface area contributed by atoms with E-state index in [1.54, 1.807) is 24.3 Å². The molecule has 0 aliphatic heterocycles. The topological polar surface area (TPSA) is 105 Å². The van der Waals surface area contributed by atoms with Gasteiger partial charge in [-0.25, -0.2) is 8.42 Å². The van der Waals surface area contributed by atoms with Crippen molar-refractivity contribution in [1.29, 1.82) is 5.41 Å². The van der Waals surface area contributed by atoms with Crippen LogP contribution in [-0.4, -0.2) is 26.1 Å². The second-order valence-corrected chi connectivity index (χ2v) is 6.82. The normalized spacial score (nSPS) is 16.0. The molecule has 2 rings (SSSR count). The number of rotatable bonds is 6. The van der Waals surface area contributed by atoms with Gasteiger partial charge in [0.15, 0.2) is 0 Å². The van der Waals surface area contributed by atoms with Crippen molar-refractivity contribution in [2.45, 2.75) is 30.9 Å². The van der Waals surface area contributed by atoms with Crippen molar-refractivity contribution in [3.05, 3.63) is 24.3 Å². The number of sulfonamides is 1. The van der Waals surface area contributed by atoms with Gasteiger partial charge in [0.2, 0.25) is 10.0 Å². The average molecular weight is 297 g/mol. The number of nitrogens with one attached hydrogen (secondary N) is 2. The van der Waals surface area contributed by atoms with Crippen LogP contribution in [0.4, 0.5) is 5.69 Å². The molecule has 0 amide bonds. The molecular weight excluding hydrogens is 278 g/mol. The van der Waals surface area contributed by atoms with Crippen molar-refractivity contribution < 1.29 is 13.2 Å². The summed E-state index contributed by atoms with van der Waals surface area (Å²) in [7, 11) is -3.39. The molecule has 0 saturated heterocycles. The van der Waals surface area contributed by atoms with E-state index >= 15 is 0 Å². The summed E-state index contributed by atoms with van der Waals surface area (Å²) < 4.78 is 32.4. The molecule has 0 heterocycles. The Kier molecular flexibility index (Phi) is 4.49. The molecule has 110 valence electrons. The molecule has 4 N–H and O–H groups in total. The third-order valence-corrected chi connectivity index (χ3v) is 5.12. The van der Waals surface area contributed by atoms with Crippen LogP contribution < -0.4 is 15.2 Å². The van der Waals surface area contributed by atoms with E-state index in [9.17, 15) is 8.42 Å². The summed E-state index contributed by atoms with van der Waals surface area (Å²) in [6.45, 7) is -0.0673. The first-order valence-electron chi connectivity index (χ1n) is 6.55. The lowest BCUT2D eigenvalue weighted by molar-refractivity contribution is 0.376. The number of hydrogen-bond donors (Lipinski definition) is 3. The van der Waals surface area contributed by atoms with Gasteiger partial charge in [-0.15, -0.1) is 0 Å². The summed E-state index contributed by atoms with van der Waals surface area (Å²) >= 11 is 0. The second kappa shape index (κ2) is 6.13. The molecule has 0 aromatic heterocycles. The Morgan fingerprint density at radius 2 is 2.00 bits per heavy atom. The molecule has 0 bridgehead atoms. The minimum Gasteiger partial charge on any atom is -0.484 e. The minimum absolute atomic E-state index is 0.0673. The Morgan fingerprint density at radius 1 is 1.35 bits per heavy atom. The summed E-state index contributed by atoms with van der Waals surface area (Å²) in [4.78, 5) is 0. The second-order valence-electron chi connectivity index (χ2n) is 4.86. The molecule has 0 spiro atoms. The van der Waals surface area contributed by atoms with Gasteiger partial charge in [-0.2, -0.15) is 0 Å². The first-order chi connectivity index (χ1) is 9.49. The maximum Gasteiger partial charge on any atom is 0.235 e. The molecule has 1 aliphatic carbocycles. The van der Waals surface area contributed by atoms with Crippen LogP contribution in [0.15, 0.2) is 24.3 Å². The highest BCUT2D eigenvalue weighted by Gasteiger charge is 2.29. The lowest BCUT2D eigenvalue weighted by Gasteiger charge is -2.16. The molecule has 0 unspecified atom stereocenters. The van der Waals surface area contributed by atoms with E-state index in [2.05, 4.69) is 4.72 Å². The van der Waals surface area contributed by atoms with Crippen LogP contribution in [0.25, 0.3) is 0 Å². The van der Waals surface area contributed by atoms with Crippen molar-refractivity contribution in [1.82, 2.24) is 0 Å². The summed E-state index contributed by atoms with van der Waals surface area (Å²) in [5.74, 6) is 0.266. The van der Waals surface area contributed by atoms with Gasteiger partial charge in [-0.1, -0.05) is 25.0 Å². The number of benzene rings is 1. The Labute approximate surface area is 118 Å². The molecule has 1 aromatic carbocycles. The highest BCUT2D eigenvalue weighted by molar-refractivity contribution is 7.93. The first-order valence-corrected chi connectivity index (χ1v) is 8.10. The van der Waals surface area contributed by atoms with Crippen LogP contribution in [-0.2, 0) is 10.0 Å². The highest BCUT2D eigenvalue weighted by Crippen LogP contribution is 2.29. The van der Waals surface area contributed by atoms with Crippen molar-refractivity contribution in [3.8, 4) is 5.75 Å². The molecule has 1 saturated carbocycles. The summed E-state index contributed by atoms with van der Waals surface area (Å²) in [6.07, 6.45) is 3.31. The van der Waals surface area contributed by atoms with Crippen LogP contribution in [0.5, 0.6) is 5.75 Å². The minimum atomic E-state index is -3.39. The molecule has 1 aliphatic rings. The summed E-state index contributed by atoms with van der Waals surface area (Å²) in [6, 6.07) is 6.76. The van der Waals surface area contributed by atoms with Crippen molar-refractivity contribution in [3.63, 3.8) is 0 Å². The Hall–Kier alpha value is -1.76. The fourth-order valence-corrected chi connectivity index (χ4v) is 3.86. The molecule has 20 heavy (non-hydrogen) atoms. The predicted octanol–water partition coefficient (Wildman–Crippen LogP) is 1.69. The standard InChI is InChI=1S/C13H19N3O3S/c14-13(15)9-19-12-8-4-3-7-11(12)16-20(17,18)10-5-1-2-6-10/h3-4,7-8,10,16H,1-2,5-6,9H2,(H3,14,15). The van der Waals surface area contributed by atoms with Crippen LogP contribution >= 0.6 is 0 Å². The van der Waals surface area contributed by atoms with E-state index in [1.807, 2.05) is 0 Å². The van der Waals surface area contributed by atoms with Crippen molar-refractivity contribution in [2.75, 3.05) is 11.3 Å². The van der Waals surface area contributed by atoms with Crippen LogP contribution in [0, 0.1) is 5.41 Å². The van der Waals surface area contributed by atoms with Gasteiger partial charge in [-0.05, 0) is 25.0 Å².